The van der Waals surface area contributed by atoms with Crippen LogP contribution in [0.25, 0.3) is 0 Å². The van der Waals surface area contributed by atoms with Gasteiger partial charge >= 0.3 is 0 Å². The normalized spacial score (nSPS) is 13.4. The lowest BCUT2D eigenvalue weighted by Crippen LogP contribution is -2.29. The summed E-state index contributed by atoms with van der Waals surface area (Å²) in [5, 5.41) is 3.41. The Morgan fingerprint density at radius 1 is 1.43 bits per heavy atom. The van der Waals surface area contributed by atoms with Gasteiger partial charge in [0.2, 0.25) is 0 Å². The molecule has 3 N–H and O–H groups in total. The standard InChI is InChI=1S/C15H19ClFN3S/c1-15(2,3)13-8-21-14(19-13)7-12(20-18)10-5-4-9(17)6-11(10)16/h4-6,8,12,20H,7,18H2,1-3H3. The quantitative estimate of drug-likeness (QED) is 0.659. The van der Waals surface area contributed by atoms with E-state index < -0.39 is 0 Å². The van der Waals surface area contributed by atoms with E-state index >= 15 is 0 Å². The Hall–Kier alpha value is -1.01. The molecule has 6 heteroatoms. The first-order valence-electron chi connectivity index (χ1n) is 6.67. The van der Waals surface area contributed by atoms with E-state index in [0.717, 1.165) is 16.3 Å². The number of nitrogens with zero attached hydrogens (tertiary/aromatic N) is 1. The van der Waals surface area contributed by atoms with Crippen molar-refractivity contribution in [3.8, 4) is 0 Å². The molecule has 114 valence electrons. The van der Waals surface area contributed by atoms with Crippen LogP contribution in [0.15, 0.2) is 23.6 Å². The molecular formula is C15H19ClFN3S. The van der Waals surface area contributed by atoms with Gasteiger partial charge in [-0.3, -0.25) is 11.3 Å². The number of hydrazine groups is 1. The van der Waals surface area contributed by atoms with Crippen molar-refractivity contribution in [2.75, 3.05) is 0 Å². The van der Waals surface area contributed by atoms with Crippen molar-refractivity contribution in [1.29, 1.82) is 0 Å². The average molecular weight is 328 g/mol. The highest BCUT2D eigenvalue weighted by atomic mass is 35.5. The number of hydrogen-bond acceptors (Lipinski definition) is 4. The molecule has 1 aromatic carbocycles. The van der Waals surface area contributed by atoms with E-state index in [1.165, 1.54) is 12.1 Å². The van der Waals surface area contributed by atoms with Gasteiger partial charge in [-0.25, -0.2) is 9.37 Å². The second-order valence-corrected chi connectivity index (χ2v) is 7.32. The second kappa shape index (κ2) is 6.40. The van der Waals surface area contributed by atoms with Crippen LogP contribution in [0.3, 0.4) is 0 Å². The summed E-state index contributed by atoms with van der Waals surface area (Å²) in [6.45, 7) is 6.38. The van der Waals surface area contributed by atoms with Gasteiger partial charge in [-0.15, -0.1) is 11.3 Å². The Morgan fingerprint density at radius 2 is 2.14 bits per heavy atom. The van der Waals surface area contributed by atoms with Crippen molar-refractivity contribution in [3.63, 3.8) is 0 Å². The number of benzene rings is 1. The topological polar surface area (TPSA) is 50.9 Å². The molecule has 0 fully saturated rings. The fourth-order valence-electron chi connectivity index (χ4n) is 1.97. The van der Waals surface area contributed by atoms with Gasteiger partial charge in [-0.05, 0) is 17.7 Å². The van der Waals surface area contributed by atoms with Gasteiger partial charge in [-0.1, -0.05) is 38.4 Å². The van der Waals surface area contributed by atoms with Crippen LogP contribution < -0.4 is 11.3 Å². The molecule has 0 radical (unpaired) electrons. The van der Waals surface area contributed by atoms with Gasteiger partial charge in [-0.2, -0.15) is 0 Å². The predicted octanol–water partition coefficient (Wildman–Crippen LogP) is 3.98. The largest absolute Gasteiger partial charge is 0.271 e. The summed E-state index contributed by atoms with van der Waals surface area (Å²) in [6.07, 6.45) is 0.614. The van der Waals surface area contributed by atoms with E-state index in [2.05, 4.69) is 36.6 Å². The molecule has 21 heavy (non-hydrogen) atoms. The molecule has 0 aliphatic carbocycles. The van der Waals surface area contributed by atoms with Gasteiger partial charge in [0.05, 0.1) is 16.7 Å². The van der Waals surface area contributed by atoms with E-state index in [1.807, 2.05) is 0 Å². The monoisotopic (exact) mass is 327 g/mol. The molecule has 0 aliphatic heterocycles. The summed E-state index contributed by atoms with van der Waals surface area (Å²) >= 11 is 7.69. The van der Waals surface area contributed by atoms with E-state index in [0.29, 0.717) is 11.4 Å². The third-order valence-electron chi connectivity index (χ3n) is 3.24. The summed E-state index contributed by atoms with van der Waals surface area (Å²) in [5.41, 5.74) is 4.59. The molecular weight excluding hydrogens is 309 g/mol. The molecule has 1 atom stereocenters. The number of hydrogen-bond donors (Lipinski definition) is 2. The molecule has 1 unspecified atom stereocenters. The molecule has 0 saturated heterocycles. The Labute approximate surface area is 133 Å². The third-order valence-corrected chi connectivity index (χ3v) is 4.44. The van der Waals surface area contributed by atoms with Gasteiger partial charge in [0.15, 0.2) is 0 Å². The Kier molecular flexibility index (Phi) is 4.99. The minimum absolute atomic E-state index is 0.0217. The van der Waals surface area contributed by atoms with Crippen LogP contribution in [0.4, 0.5) is 4.39 Å². The molecule has 0 amide bonds. The highest BCUT2D eigenvalue weighted by Crippen LogP contribution is 2.29. The maximum Gasteiger partial charge on any atom is 0.124 e. The minimum atomic E-state index is -0.358. The second-order valence-electron chi connectivity index (χ2n) is 5.97. The third kappa shape index (κ3) is 4.01. The Bertz CT molecular complexity index is 622. The molecule has 1 heterocycles. The zero-order chi connectivity index (χ0) is 15.6. The van der Waals surface area contributed by atoms with Crippen molar-refractivity contribution < 1.29 is 4.39 Å². The van der Waals surface area contributed by atoms with Gasteiger partial charge in [0.25, 0.3) is 0 Å². The van der Waals surface area contributed by atoms with Crippen molar-refractivity contribution in [2.45, 2.75) is 38.6 Å². The summed E-state index contributed by atoms with van der Waals surface area (Å²) in [7, 11) is 0. The van der Waals surface area contributed by atoms with Crippen molar-refractivity contribution in [3.05, 3.63) is 50.7 Å². The van der Waals surface area contributed by atoms with Crippen molar-refractivity contribution in [2.24, 2.45) is 5.84 Å². The van der Waals surface area contributed by atoms with E-state index in [9.17, 15) is 4.39 Å². The fraction of sp³-hybridized carbons (Fsp3) is 0.400. The Balaban J connectivity index is 2.21. The molecule has 0 aliphatic rings. The SMILES string of the molecule is CC(C)(C)c1csc(CC(NN)c2ccc(F)cc2Cl)n1. The lowest BCUT2D eigenvalue weighted by Gasteiger charge is -2.17. The molecule has 3 nitrogen and oxygen atoms in total. The average Bonchev–Trinajstić information content (AvgIpc) is 2.85. The highest BCUT2D eigenvalue weighted by Gasteiger charge is 2.20. The van der Waals surface area contributed by atoms with Crippen LogP contribution in [-0.2, 0) is 11.8 Å². The summed E-state index contributed by atoms with van der Waals surface area (Å²) in [6, 6.07) is 4.13. The smallest absolute Gasteiger partial charge is 0.124 e. The zero-order valence-corrected chi connectivity index (χ0v) is 13.9. The van der Waals surface area contributed by atoms with Crippen molar-refractivity contribution in [1.82, 2.24) is 10.4 Å². The number of nitrogens with one attached hydrogen (secondary N) is 1. The van der Waals surface area contributed by atoms with Crippen LogP contribution in [0.2, 0.25) is 5.02 Å². The summed E-state index contributed by atoms with van der Waals surface area (Å²) in [4.78, 5) is 4.65. The minimum Gasteiger partial charge on any atom is -0.271 e. The maximum absolute atomic E-state index is 13.1. The molecule has 0 bridgehead atoms. The number of rotatable bonds is 4. The number of nitrogens with two attached hydrogens (primary N) is 1. The van der Waals surface area contributed by atoms with E-state index in [4.69, 9.17) is 17.4 Å². The first kappa shape index (κ1) is 16.4. The fourth-order valence-corrected chi connectivity index (χ4v) is 3.33. The zero-order valence-electron chi connectivity index (χ0n) is 12.3. The molecule has 2 aromatic rings. The van der Waals surface area contributed by atoms with Gasteiger partial charge in [0, 0.05) is 22.2 Å². The maximum atomic E-state index is 13.1. The van der Waals surface area contributed by atoms with Gasteiger partial charge in [0.1, 0.15) is 5.82 Å². The lowest BCUT2D eigenvalue weighted by molar-refractivity contribution is 0.539. The lowest BCUT2D eigenvalue weighted by atomic mass is 9.93. The highest BCUT2D eigenvalue weighted by molar-refractivity contribution is 7.09. The number of halogens is 2. The first-order valence-corrected chi connectivity index (χ1v) is 7.93. The van der Waals surface area contributed by atoms with Crippen molar-refractivity contribution >= 4 is 22.9 Å². The first-order chi connectivity index (χ1) is 9.81. The summed E-state index contributed by atoms with van der Waals surface area (Å²) < 4.78 is 13.1. The van der Waals surface area contributed by atoms with Crippen LogP contribution in [0, 0.1) is 5.82 Å². The molecule has 0 spiro atoms. The molecule has 1 aromatic heterocycles. The Morgan fingerprint density at radius 3 is 2.67 bits per heavy atom. The predicted molar refractivity (Wildman–Crippen MR) is 86.0 cm³/mol. The number of aromatic nitrogens is 1. The van der Waals surface area contributed by atoms with E-state index in [-0.39, 0.29) is 17.3 Å². The van der Waals surface area contributed by atoms with E-state index in [1.54, 1.807) is 17.4 Å². The van der Waals surface area contributed by atoms with Crippen LogP contribution in [0.5, 0.6) is 0 Å². The molecule has 0 saturated carbocycles. The summed E-state index contributed by atoms with van der Waals surface area (Å²) in [5.74, 6) is 5.27. The molecule has 2 rings (SSSR count). The van der Waals surface area contributed by atoms with Crippen LogP contribution in [-0.4, -0.2) is 4.98 Å². The van der Waals surface area contributed by atoms with Crippen LogP contribution >= 0.6 is 22.9 Å². The number of thiazole rings is 1. The van der Waals surface area contributed by atoms with Crippen LogP contribution in [0.1, 0.15) is 43.1 Å². The van der Waals surface area contributed by atoms with Gasteiger partial charge < -0.3 is 0 Å².